The molecule has 0 spiro atoms. The summed E-state index contributed by atoms with van der Waals surface area (Å²) in [5, 5.41) is 0. The number of rotatable bonds is 11. The van der Waals surface area contributed by atoms with E-state index in [1.165, 1.54) is 6.42 Å². The van der Waals surface area contributed by atoms with Crippen LogP contribution in [0.5, 0.6) is 0 Å². The van der Waals surface area contributed by atoms with E-state index in [1.807, 2.05) is 0 Å². The molecule has 0 aliphatic carbocycles. The molecule has 0 N–H and O–H groups in total. The largest absolute Gasteiger partial charge is 0.465 e. The lowest BCUT2D eigenvalue weighted by atomic mass is 9.94. The van der Waals surface area contributed by atoms with E-state index in [-0.39, 0.29) is 5.97 Å². The monoisotopic (exact) mass is 274 g/mol. The number of unbranched alkanes of at least 4 members (excludes halogenated alkanes) is 4. The van der Waals surface area contributed by atoms with E-state index in [0.29, 0.717) is 6.61 Å². The van der Waals surface area contributed by atoms with Gasteiger partial charge in [0.1, 0.15) is 4.75 Å². The van der Waals surface area contributed by atoms with E-state index in [2.05, 4.69) is 33.4 Å². The minimum absolute atomic E-state index is 0.108. The molecule has 0 bridgehead atoms. The quantitative estimate of drug-likeness (QED) is 0.334. The van der Waals surface area contributed by atoms with Crippen LogP contribution in [-0.2, 0) is 9.53 Å². The fraction of sp³-hybridized carbons (Fsp3) is 0.933. The van der Waals surface area contributed by atoms with Crippen molar-refractivity contribution >= 4 is 18.6 Å². The third kappa shape index (κ3) is 7.30. The number of hydrogen-bond donors (Lipinski definition) is 1. The van der Waals surface area contributed by atoms with Crippen LogP contribution < -0.4 is 0 Å². The third-order valence-electron chi connectivity index (χ3n) is 3.25. The highest BCUT2D eigenvalue weighted by molar-refractivity contribution is 7.82. The van der Waals surface area contributed by atoms with E-state index >= 15 is 0 Å². The molecule has 0 saturated carbocycles. The fourth-order valence-corrected chi connectivity index (χ4v) is 2.29. The summed E-state index contributed by atoms with van der Waals surface area (Å²) >= 11 is 4.65. The summed E-state index contributed by atoms with van der Waals surface area (Å²) in [6.07, 6.45) is 9.20. The Morgan fingerprint density at radius 1 is 0.944 bits per heavy atom. The molecule has 0 aliphatic rings. The Morgan fingerprint density at radius 3 is 2.06 bits per heavy atom. The molecule has 0 aromatic rings. The van der Waals surface area contributed by atoms with Crippen molar-refractivity contribution in [3.8, 4) is 0 Å². The highest BCUT2D eigenvalue weighted by Gasteiger charge is 2.34. The molecule has 0 fully saturated rings. The minimum Gasteiger partial charge on any atom is -0.465 e. The Morgan fingerprint density at radius 2 is 1.50 bits per heavy atom. The van der Waals surface area contributed by atoms with Gasteiger partial charge in [-0.05, 0) is 19.3 Å². The van der Waals surface area contributed by atoms with Gasteiger partial charge in [0.05, 0.1) is 6.61 Å². The molecule has 3 heteroatoms. The maximum absolute atomic E-state index is 12.1. The van der Waals surface area contributed by atoms with Crippen LogP contribution in [0.25, 0.3) is 0 Å². The highest BCUT2D eigenvalue weighted by Crippen LogP contribution is 2.30. The van der Waals surface area contributed by atoms with Gasteiger partial charge in [-0.2, -0.15) is 12.6 Å². The van der Waals surface area contributed by atoms with Gasteiger partial charge in [-0.1, -0.05) is 59.3 Å². The molecule has 0 aliphatic heterocycles. The van der Waals surface area contributed by atoms with Crippen LogP contribution in [0.15, 0.2) is 0 Å². The molecule has 2 nitrogen and oxygen atoms in total. The standard InChI is InChI=1S/C15H30O2S/c1-4-7-10-12-15(18,11-8-5-2)14(16)17-13-9-6-3/h18H,4-13H2,1-3H3. The van der Waals surface area contributed by atoms with Crippen LogP contribution in [-0.4, -0.2) is 17.3 Å². The maximum Gasteiger partial charge on any atom is 0.321 e. The summed E-state index contributed by atoms with van der Waals surface area (Å²) in [5.41, 5.74) is 0. The van der Waals surface area contributed by atoms with Gasteiger partial charge in [0.2, 0.25) is 0 Å². The second-order valence-electron chi connectivity index (χ2n) is 5.08. The van der Waals surface area contributed by atoms with Crippen molar-refractivity contribution in [1.29, 1.82) is 0 Å². The van der Waals surface area contributed by atoms with Gasteiger partial charge >= 0.3 is 5.97 Å². The Balaban J connectivity index is 4.28. The average Bonchev–Trinajstić information content (AvgIpc) is 2.37. The van der Waals surface area contributed by atoms with E-state index in [0.717, 1.165) is 51.4 Å². The lowest BCUT2D eigenvalue weighted by molar-refractivity contribution is -0.147. The normalized spacial score (nSPS) is 14.2. The van der Waals surface area contributed by atoms with E-state index in [9.17, 15) is 4.79 Å². The summed E-state index contributed by atoms with van der Waals surface area (Å²) in [6.45, 7) is 6.95. The first-order valence-corrected chi connectivity index (χ1v) is 7.95. The smallest absolute Gasteiger partial charge is 0.321 e. The molecule has 1 unspecified atom stereocenters. The van der Waals surface area contributed by atoms with Crippen LogP contribution >= 0.6 is 12.6 Å². The number of carbonyl (C=O) groups is 1. The van der Waals surface area contributed by atoms with E-state index in [1.54, 1.807) is 0 Å². The molecule has 0 rings (SSSR count). The van der Waals surface area contributed by atoms with Crippen LogP contribution in [0.2, 0.25) is 0 Å². The Bertz CT molecular complexity index is 219. The van der Waals surface area contributed by atoms with Gasteiger partial charge in [-0.3, -0.25) is 4.79 Å². The molecule has 0 heterocycles. The van der Waals surface area contributed by atoms with Crippen molar-refractivity contribution < 1.29 is 9.53 Å². The molecule has 18 heavy (non-hydrogen) atoms. The summed E-state index contributed by atoms with van der Waals surface area (Å²) in [4.78, 5) is 12.1. The molecule has 108 valence electrons. The predicted molar refractivity (Wildman–Crippen MR) is 81.3 cm³/mol. The first-order chi connectivity index (χ1) is 8.60. The van der Waals surface area contributed by atoms with Crippen LogP contribution in [0, 0.1) is 0 Å². The summed E-state index contributed by atoms with van der Waals surface area (Å²) in [5.74, 6) is -0.108. The van der Waals surface area contributed by atoms with Gasteiger partial charge in [0.25, 0.3) is 0 Å². The third-order valence-corrected chi connectivity index (χ3v) is 3.88. The van der Waals surface area contributed by atoms with Gasteiger partial charge in [-0.25, -0.2) is 0 Å². The van der Waals surface area contributed by atoms with Crippen molar-refractivity contribution in [1.82, 2.24) is 0 Å². The van der Waals surface area contributed by atoms with Crippen molar-refractivity contribution in [2.45, 2.75) is 83.3 Å². The maximum atomic E-state index is 12.1. The molecular formula is C15H30O2S. The lowest BCUT2D eigenvalue weighted by Gasteiger charge is -2.26. The van der Waals surface area contributed by atoms with Gasteiger partial charge in [-0.15, -0.1) is 0 Å². The number of esters is 1. The zero-order valence-electron chi connectivity index (χ0n) is 12.3. The predicted octanol–water partition coefficient (Wildman–Crippen LogP) is 4.77. The van der Waals surface area contributed by atoms with Crippen molar-refractivity contribution in [2.24, 2.45) is 0 Å². The Labute approximate surface area is 118 Å². The zero-order chi connectivity index (χ0) is 13.9. The number of ether oxygens (including phenoxy) is 1. The Kier molecular flexibility index (Phi) is 10.6. The number of thiol groups is 1. The van der Waals surface area contributed by atoms with Gasteiger partial charge in [0.15, 0.2) is 0 Å². The first-order valence-electron chi connectivity index (χ1n) is 7.50. The molecule has 0 aromatic carbocycles. The lowest BCUT2D eigenvalue weighted by Crippen LogP contribution is -2.35. The molecule has 1 atom stereocenters. The van der Waals surface area contributed by atoms with Gasteiger partial charge < -0.3 is 4.74 Å². The summed E-state index contributed by atoms with van der Waals surface area (Å²) < 4.78 is 4.80. The first kappa shape index (κ1) is 17.8. The fourth-order valence-electron chi connectivity index (χ4n) is 1.91. The van der Waals surface area contributed by atoms with Crippen molar-refractivity contribution in [3.05, 3.63) is 0 Å². The zero-order valence-corrected chi connectivity index (χ0v) is 13.2. The number of hydrogen-bond acceptors (Lipinski definition) is 3. The second kappa shape index (κ2) is 10.7. The van der Waals surface area contributed by atoms with E-state index < -0.39 is 4.75 Å². The van der Waals surface area contributed by atoms with Crippen LogP contribution in [0.1, 0.15) is 78.6 Å². The summed E-state index contributed by atoms with van der Waals surface area (Å²) in [7, 11) is 0. The van der Waals surface area contributed by atoms with Crippen molar-refractivity contribution in [2.75, 3.05) is 6.61 Å². The molecule has 0 radical (unpaired) electrons. The van der Waals surface area contributed by atoms with Crippen LogP contribution in [0.4, 0.5) is 0 Å². The van der Waals surface area contributed by atoms with Gasteiger partial charge in [0, 0.05) is 0 Å². The second-order valence-corrected chi connectivity index (χ2v) is 5.94. The average molecular weight is 274 g/mol. The summed E-state index contributed by atoms with van der Waals surface area (Å²) in [6, 6.07) is 0. The highest BCUT2D eigenvalue weighted by atomic mass is 32.1. The molecule has 0 amide bonds. The Hall–Kier alpha value is -0.180. The van der Waals surface area contributed by atoms with Crippen molar-refractivity contribution in [3.63, 3.8) is 0 Å². The topological polar surface area (TPSA) is 26.3 Å². The minimum atomic E-state index is -0.557. The SMILES string of the molecule is CCCCCC(S)(CCCC)C(=O)OCCCC. The number of carbonyl (C=O) groups excluding carboxylic acids is 1. The molecular weight excluding hydrogens is 244 g/mol. The molecule has 0 aromatic heterocycles. The molecule has 0 saturated heterocycles. The van der Waals surface area contributed by atoms with Crippen LogP contribution in [0.3, 0.4) is 0 Å². The van der Waals surface area contributed by atoms with E-state index in [4.69, 9.17) is 4.74 Å².